The van der Waals surface area contributed by atoms with Crippen LogP contribution in [0.2, 0.25) is 0 Å². The first kappa shape index (κ1) is 21.6. The largest absolute Gasteiger partial charge is 0.493 e. The van der Waals surface area contributed by atoms with Crippen LogP contribution in [0.25, 0.3) is 0 Å². The van der Waals surface area contributed by atoms with E-state index in [0.717, 1.165) is 45.3 Å². The van der Waals surface area contributed by atoms with Crippen molar-refractivity contribution in [1.29, 1.82) is 0 Å². The number of likely N-dealkylation sites (tertiary alicyclic amines) is 1. The van der Waals surface area contributed by atoms with Gasteiger partial charge in [0.1, 0.15) is 0 Å². The number of unbranched alkanes of at least 4 members (excludes halogenated alkanes) is 1. The molecule has 0 spiro atoms. The van der Waals surface area contributed by atoms with E-state index in [9.17, 15) is 4.79 Å². The first-order valence-corrected chi connectivity index (χ1v) is 8.94. The number of benzene rings is 1. The second kappa shape index (κ2) is 11.2. The number of carbonyl (C=O) groups excluding carboxylic acids is 1. The van der Waals surface area contributed by atoms with Crippen LogP contribution < -0.4 is 14.8 Å². The van der Waals surface area contributed by atoms with Gasteiger partial charge in [-0.05, 0) is 57.0 Å². The van der Waals surface area contributed by atoms with Crippen molar-refractivity contribution in [2.75, 3.05) is 40.4 Å². The van der Waals surface area contributed by atoms with Gasteiger partial charge in [0.15, 0.2) is 11.5 Å². The summed E-state index contributed by atoms with van der Waals surface area (Å²) in [6, 6.07) is 5.48. The SMILES string of the molecule is CCCCOc1ccc(C(=O)N2CCC(CNC)CC2)cc1OC.Cl. The number of hydrogen-bond donors (Lipinski definition) is 1. The highest BCUT2D eigenvalue weighted by Crippen LogP contribution is 2.29. The summed E-state index contributed by atoms with van der Waals surface area (Å²) >= 11 is 0. The molecule has 1 heterocycles. The summed E-state index contributed by atoms with van der Waals surface area (Å²) in [7, 11) is 3.59. The van der Waals surface area contributed by atoms with Gasteiger partial charge in [-0.2, -0.15) is 0 Å². The number of carbonyl (C=O) groups is 1. The Morgan fingerprint density at radius 2 is 2.00 bits per heavy atom. The van der Waals surface area contributed by atoms with E-state index in [-0.39, 0.29) is 18.3 Å². The summed E-state index contributed by atoms with van der Waals surface area (Å²) in [5.74, 6) is 2.08. The predicted octanol–water partition coefficient (Wildman–Crippen LogP) is 3.37. The summed E-state index contributed by atoms with van der Waals surface area (Å²) in [4.78, 5) is 14.7. The first-order chi connectivity index (χ1) is 11.7. The Bertz CT molecular complexity index is 531. The van der Waals surface area contributed by atoms with E-state index in [1.807, 2.05) is 24.1 Å². The van der Waals surface area contributed by atoms with Crippen LogP contribution in [0.4, 0.5) is 0 Å². The topological polar surface area (TPSA) is 50.8 Å². The molecule has 5 nitrogen and oxygen atoms in total. The number of piperidine rings is 1. The fourth-order valence-electron chi connectivity index (χ4n) is 3.06. The van der Waals surface area contributed by atoms with Crippen LogP contribution >= 0.6 is 12.4 Å². The second-order valence-electron chi connectivity index (χ2n) is 6.36. The molecular formula is C19H31ClN2O3. The monoisotopic (exact) mass is 370 g/mol. The molecule has 1 aromatic rings. The van der Waals surface area contributed by atoms with E-state index < -0.39 is 0 Å². The van der Waals surface area contributed by atoms with Crippen LogP contribution in [0.15, 0.2) is 18.2 Å². The third-order valence-electron chi connectivity index (χ3n) is 4.56. The molecule has 142 valence electrons. The average Bonchev–Trinajstić information content (AvgIpc) is 2.62. The van der Waals surface area contributed by atoms with Gasteiger partial charge in [-0.15, -0.1) is 12.4 Å². The van der Waals surface area contributed by atoms with E-state index in [2.05, 4.69) is 12.2 Å². The minimum Gasteiger partial charge on any atom is -0.493 e. The van der Waals surface area contributed by atoms with Crippen LogP contribution in [-0.4, -0.2) is 51.2 Å². The van der Waals surface area contributed by atoms with Crippen LogP contribution in [0.1, 0.15) is 43.0 Å². The van der Waals surface area contributed by atoms with Gasteiger partial charge in [0, 0.05) is 18.7 Å². The number of methoxy groups -OCH3 is 1. The van der Waals surface area contributed by atoms with Crippen molar-refractivity contribution in [3.63, 3.8) is 0 Å². The Kier molecular flexibility index (Phi) is 9.68. The van der Waals surface area contributed by atoms with Crippen LogP contribution in [0, 0.1) is 5.92 Å². The van der Waals surface area contributed by atoms with E-state index >= 15 is 0 Å². The zero-order valence-electron chi connectivity index (χ0n) is 15.5. The van der Waals surface area contributed by atoms with E-state index in [1.165, 1.54) is 0 Å². The van der Waals surface area contributed by atoms with Gasteiger partial charge in [-0.1, -0.05) is 13.3 Å². The van der Waals surface area contributed by atoms with Crippen molar-refractivity contribution in [1.82, 2.24) is 10.2 Å². The van der Waals surface area contributed by atoms with Crippen molar-refractivity contribution < 1.29 is 14.3 Å². The summed E-state index contributed by atoms with van der Waals surface area (Å²) in [5.41, 5.74) is 0.668. The normalized spacial score (nSPS) is 14.8. The molecule has 0 saturated carbocycles. The molecule has 2 rings (SSSR count). The maximum absolute atomic E-state index is 12.7. The number of amides is 1. The molecule has 0 aliphatic carbocycles. The van der Waals surface area contributed by atoms with Gasteiger partial charge >= 0.3 is 0 Å². The van der Waals surface area contributed by atoms with Crippen LogP contribution in [-0.2, 0) is 0 Å². The van der Waals surface area contributed by atoms with Gasteiger partial charge in [0.2, 0.25) is 0 Å². The number of halogens is 1. The highest BCUT2D eigenvalue weighted by atomic mass is 35.5. The zero-order valence-corrected chi connectivity index (χ0v) is 16.4. The molecule has 6 heteroatoms. The van der Waals surface area contributed by atoms with Crippen molar-refractivity contribution in [2.45, 2.75) is 32.6 Å². The Hall–Kier alpha value is -1.46. The lowest BCUT2D eigenvalue weighted by atomic mass is 9.96. The number of ether oxygens (including phenoxy) is 2. The molecule has 1 fully saturated rings. The molecule has 0 aromatic heterocycles. The number of nitrogens with zero attached hydrogens (tertiary/aromatic N) is 1. The zero-order chi connectivity index (χ0) is 17.4. The molecule has 0 radical (unpaired) electrons. The maximum atomic E-state index is 12.7. The van der Waals surface area contributed by atoms with Gasteiger partial charge in [0.25, 0.3) is 5.91 Å². The lowest BCUT2D eigenvalue weighted by molar-refractivity contribution is 0.0690. The van der Waals surface area contributed by atoms with Crippen molar-refractivity contribution >= 4 is 18.3 Å². The third kappa shape index (κ3) is 6.08. The molecule has 1 aromatic carbocycles. The minimum absolute atomic E-state index is 0. The predicted molar refractivity (Wildman–Crippen MR) is 103 cm³/mol. The summed E-state index contributed by atoms with van der Waals surface area (Å²) in [6.45, 7) is 5.46. The lowest BCUT2D eigenvalue weighted by Gasteiger charge is -2.32. The highest BCUT2D eigenvalue weighted by molar-refractivity contribution is 5.95. The smallest absolute Gasteiger partial charge is 0.253 e. The molecule has 0 atom stereocenters. The molecule has 1 aliphatic heterocycles. The maximum Gasteiger partial charge on any atom is 0.253 e. The average molecular weight is 371 g/mol. The van der Waals surface area contributed by atoms with Crippen molar-refractivity contribution in [2.24, 2.45) is 5.92 Å². The number of hydrogen-bond acceptors (Lipinski definition) is 4. The summed E-state index contributed by atoms with van der Waals surface area (Å²) in [5, 5.41) is 3.22. The molecule has 0 unspecified atom stereocenters. The highest BCUT2D eigenvalue weighted by Gasteiger charge is 2.24. The van der Waals surface area contributed by atoms with Gasteiger partial charge in [0.05, 0.1) is 13.7 Å². The molecule has 1 N–H and O–H groups in total. The molecular weight excluding hydrogens is 340 g/mol. The van der Waals surface area contributed by atoms with E-state index in [4.69, 9.17) is 9.47 Å². The molecule has 1 amide bonds. The second-order valence-corrected chi connectivity index (χ2v) is 6.36. The standard InChI is InChI=1S/C19H30N2O3.ClH/c1-4-5-12-24-17-7-6-16(13-18(17)23-3)19(22)21-10-8-15(9-11-21)14-20-2;/h6-7,13,15,20H,4-5,8-12,14H2,1-3H3;1H. The Morgan fingerprint density at radius 1 is 1.28 bits per heavy atom. The first-order valence-electron chi connectivity index (χ1n) is 8.94. The number of rotatable bonds is 8. The third-order valence-corrected chi connectivity index (χ3v) is 4.56. The Labute approximate surface area is 157 Å². The summed E-state index contributed by atoms with van der Waals surface area (Å²) < 4.78 is 11.1. The fraction of sp³-hybridized carbons (Fsp3) is 0.632. The van der Waals surface area contributed by atoms with Crippen molar-refractivity contribution in [3.8, 4) is 11.5 Å². The van der Waals surface area contributed by atoms with Gasteiger partial charge in [-0.25, -0.2) is 0 Å². The molecule has 1 aliphatic rings. The lowest BCUT2D eigenvalue weighted by Crippen LogP contribution is -2.40. The number of nitrogens with one attached hydrogen (secondary N) is 1. The van der Waals surface area contributed by atoms with E-state index in [0.29, 0.717) is 29.6 Å². The quantitative estimate of drug-likeness (QED) is 0.713. The van der Waals surface area contributed by atoms with E-state index in [1.54, 1.807) is 13.2 Å². The van der Waals surface area contributed by atoms with Crippen molar-refractivity contribution in [3.05, 3.63) is 23.8 Å². The Morgan fingerprint density at radius 3 is 2.60 bits per heavy atom. The Balaban J connectivity index is 0.00000312. The van der Waals surface area contributed by atoms with Gasteiger partial charge in [-0.3, -0.25) is 4.79 Å². The molecule has 25 heavy (non-hydrogen) atoms. The van der Waals surface area contributed by atoms with Crippen LogP contribution in [0.5, 0.6) is 11.5 Å². The molecule has 0 bridgehead atoms. The fourth-order valence-corrected chi connectivity index (χ4v) is 3.06. The molecule has 1 saturated heterocycles. The minimum atomic E-state index is 0. The van der Waals surface area contributed by atoms with Gasteiger partial charge < -0.3 is 19.7 Å². The van der Waals surface area contributed by atoms with Crippen LogP contribution in [0.3, 0.4) is 0 Å². The summed E-state index contributed by atoms with van der Waals surface area (Å²) in [6.07, 6.45) is 4.21.